The molecular formula is C28H20BrClN2O6. The fourth-order valence-electron chi connectivity index (χ4n) is 4.06. The molecule has 3 aromatic rings. The summed E-state index contributed by atoms with van der Waals surface area (Å²) >= 11 is 9.48. The van der Waals surface area contributed by atoms with E-state index >= 15 is 0 Å². The summed E-state index contributed by atoms with van der Waals surface area (Å²) in [4.78, 5) is 39.2. The van der Waals surface area contributed by atoms with E-state index < -0.39 is 17.8 Å². The average molecular weight is 596 g/mol. The van der Waals surface area contributed by atoms with Gasteiger partial charge in [-0.25, -0.2) is 9.69 Å². The Morgan fingerprint density at radius 1 is 1.05 bits per heavy atom. The molecule has 2 aliphatic heterocycles. The van der Waals surface area contributed by atoms with Gasteiger partial charge in [0, 0.05) is 5.02 Å². The number of nitrogens with one attached hydrogen (secondary N) is 1. The van der Waals surface area contributed by atoms with E-state index in [1.807, 2.05) is 18.2 Å². The van der Waals surface area contributed by atoms with Gasteiger partial charge in [-0.05, 0) is 93.6 Å². The topological polar surface area (TPSA) is 94.2 Å². The van der Waals surface area contributed by atoms with Crippen molar-refractivity contribution >= 4 is 57.1 Å². The number of allylic oxidation sites excluding steroid dienone is 1. The van der Waals surface area contributed by atoms with Crippen molar-refractivity contribution in [3.63, 3.8) is 0 Å². The molecule has 0 aliphatic carbocycles. The number of carbonyl (C=O) groups excluding carboxylic acids is 3. The molecule has 1 fully saturated rings. The van der Waals surface area contributed by atoms with Gasteiger partial charge < -0.3 is 14.2 Å². The van der Waals surface area contributed by atoms with Crippen LogP contribution in [0.25, 0.3) is 6.08 Å². The third-order valence-corrected chi connectivity index (χ3v) is 6.67. The maximum Gasteiger partial charge on any atom is 0.335 e. The molecule has 1 N–H and O–H groups in total. The molecular weight excluding hydrogens is 576 g/mol. The Balaban J connectivity index is 1.43. The van der Waals surface area contributed by atoms with Gasteiger partial charge in [0.05, 0.1) is 10.2 Å². The van der Waals surface area contributed by atoms with Gasteiger partial charge in [-0.3, -0.25) is 14.9 Å². The van der Waals surface area contributed by atoms with Crippen LogP contribution in [0.15, 0.2) is 77.3 Å². The van der Waals surface area contributed by atoms with Gasteiger partial charge >= 0.3 is 6.03 Å². The van der Waals surface area contributed by atoms with Crippen LogP contribution in [0.3, 0.4) is 0 Å². The minimum atomic E-state index is -0.833. The van der Waals surface area contributed by atoms with E-state index in [0.717, 1.165) is 16.0 Å². The Morgan fingerprint density at radius 2 is 1.82 bits per heavy atom. The smallest absolute Gasteiger partial charge is 0.335 e. The SMILES string of the molecule is C=CCc1cc(/C=C2\C(=O)NC(=O)N(c3ccc(Cl)cc3)C2=O)cc(Br)c1OCc1ccc2c(c1)OCO2. The molecule has 0 spiro atoms. The number of halogens is 2. The van der Waals surface area contributed by atoms with Crippen LogP contribution >= 0.6 is 27.5 Å². The van der Waals surface area contributed by atoms with Crippen molar-refractivity contribution in [2.24, 2.45) is 0 Å². The predicted octanol–water partition coefficient (Wildman–Crippen LogP) is 5.81. The second-order valence-corrected chi connectivity index (χ2v) is 9.69. The number of amides is 4. The summed E-state index contributed by atoms with van der Waals surface area (Å²) in [6, 6.07) is 14.5. The highest BCUT2D eigenvalue weighted by molar-refractivity contribution is 9.10. The highest BCUT2D eigenvalue weighted by atomic mass is 79.9. The number of imide groups is 2. The van der Waals surface area contributed by atoms with Crippen LogP contribution in [0.4, 0.5) is 10.5 Å². The minimum Gasteiger partial charge on any atom is -0.487 e. The first kappa shape index (κ1) is 25.6. The molecule has 1 saturated heterocycles. The fourth-order valence-corrected chi connectivity index (χ4v) is 4.82. The van der Waals surface area contributed by atoms with Crippen LogP contribution in [-0.2, 0) is 22.6 Å². The molecule has 0 unspecified atom stereocenters. The highest BCUT2D eigenvalue weighted by Gasteiger charge is 2.36. The van der Waals surface area contributed by atoms with E-state index in [2.05, 4.69) is 27.8 Å². The van der Waals surface area contributed by atoms with E-state index in [1.54, 1.807) is 30.3 Å². The van der Waals surface area contributed by atoms with E-state index in [4.69, 9.17) is 25.8 Å². The van der Waals surface area contributed by atoms with Crippen molar-refractivity contribution in [1.82, 2.24) is 5.32 Å². The Bertz CT molecular complexity index is 1500. The van der Waals surface area contributed by atoms with Crippen molar-refractivity contribution in [2.75, 3.05) is 11.7 Å². The lowest BCUT2D eigenvalue weighted by atomic mass is 10.0. The molecule has 0 atom stereocenters. The first-order chi connectivity index (χ1) is 18.3. The quantitative estimate of drug-likeness (QED) is 0.211. The zero-order valence-corrected chi connectivity index (χ0v) is 22.2. The molecule has 0 radical (unpaired) electrons. The van der Waals surface area contributed by atoms with Crippen LogP contribution in [0.5, 0.6) is 17.2 Å². The van der Waals surface area contributed by atoms with E-state index in [1.165, 1.54) is 18.2 Å². The number of anilines is 1. The van der Waals surface area contributed by atoms with Crippen molar-refractivity contribution < 1.29 is 28.6 Å². The molecule has 0 bridgehead atoms. The Morgan fingerprint density at radius 3 is 2.58 bits per heavy atom. The minimum absolute atomic E-state index is 0.190. The molecule has 0 saturated carbocycles. The number of ether oxygens (including phenoxy) is 3. The van der Waals surface area contributed by atoms with E-state index in [0.29, 0.717) is 38.7 Å². The van der Waals surface area contributed by atoms with Gasteiger partial charge in [0.2, 0.25) is 6.79 Å². The lowest BCUT2D eigenvalue weighted by Crippen LogP contribution is -2.54. The molecule has 38 heavy (non-hydrogen) atoms. The van der Waals surface area contributed by atoms with Crippen molar-refractivity contribution in [2.45, 2.75) is 13.0 Å². The number of barbiturate groups is 1. The number of rotatable bonds is 7. The molecule has 3 aromatic carbocycles. The lowest BCUT2D eigenvalue weighted by Gasteiger charge is -2.26. The van der Waals surface area contributed by atoms with E-state index in [9.17, 15) is 14.4 Å². The molecule has 2 aliphatic rings. The Hall–Kier alpha value is -4.08. The van der Waals surface area contributed by atoms with Crippen molar-refractivity contribution in [1.29, 1.82) is 0 Å². The number of urea groups is 1. The molecule has 2 heterocycles. The standard InChI is InChI=1S/C28H20BrClN2O6/c1-2-3-18-10-17(12-22(29)25(18)36-14-16-4-9-23-24(13-16)38-15-37-23)11-21-26(33)31-28(35)32(27(21)34)20-7-5-19(30)6-8-20/h2,4-13H,1,3,14-15H2,(H,31,33,35)/b21-11+. The van der Waals surface area contributed by atoms with Crippen molar-refractivity contribution in [3.8, 4) is 17.2 Å². The van der Waals surface area contributed by atoms with Gasteiger partial charge in [-0.2, -0.15) is 0 Å². The second-order valence-electron chi connectivity index (χ2n) is 8.39. The zero-order chi connectivity index (χ0) is 26.8. The monoisotopic (exact) mass is 594 g/mol. The van der Waals surface area contributed by atoms with E-state index in [-0.39, 0.29) is 24.7 Å². The molecule has 10 heteroatoms. The fraction of sp³-hybridized carbons (Fsp3) is 0.107. The summed E-state index contributed by atoms with van der Waals surface area (Å²) in [7, 11) is 0. The second kappa shape index (κ2) is 10.7. The number of benzene rings is 3. The summed E-state index contributed by atoms with van der Waals surface area (Å²) in [6.07, 6.45) is 3.64. The van der Waals surface area contributed by atoms with Crippen LogP contribution in [0.2, 0.25) is 5.02 Å². The molecule has 192 valence electrons. The Labute approximate surface area is 231 Å². The van der Waals surface area contributed by atoms with Gasteiger partial charge in [0.1, 0.15) is 17.9 Å². The first-order valence-electron chi connectivity index (χ1n) is 11.5. The summed E-state index contributed by atoms with van der Waals surface area (Å²) in [6.45, 7) is 4.29. The third-order valence-electron chi connectivity index (χ3n) is 5.82. The summed E-state index contributed by atoms with van der Waals surface area (Å²) in [5.74, 6) is 0.430. The average Bonchev–Trinajstić information content (AvgIpc) is 3.35. The molecule has 5 rings (SSSR count). The third kappa shape index (κ3) is 5.16. The van der Waals surface area contributed by atoms with Gasteiger partial charge in [-0.1, -0.05) is 23.7 Å². The van der Waals surface area contributed by atoms with Gasteiger partial charge in [0.15, 0.2) is 11.5 Å². The largest absolute Gasteiger partial charge is 0.487 e. The maximum atomic E-state index is 13.2. The zero-order valence-electron chi connectivity index (χ0n) is 19.8. The summed E-state index contributed by atoms with van der Waals surface area (Å²) < 4.78 is 17.5. The highest BCUT2D eigenvalue weighted by Crippen LogP contribution is 2.36. The normalized spacial score (nSPS) is 15.6. The number of hydrogen-bond acceptors (Lipinski definition) is 6. The van der Waals surface area contributed by atoms with Crippen molar-refractivity contribution in [3.05, 3.63) is 99.0 Å². The van der Waals surface area contributed by atoms with Crippen LogP contribution in [0, 0.1) is 0 Å². The number of nitrogens with zero attached hydrogens (tertiary/aromatic N) is 1. The Kier molecular flexibility index (Phi) is 7.22. The summed E-state index contributed by atoms with van der Waals surface area (Å²) in [5, 5.41) is 2.67. The number of fused-ring (bicyclic) bond motifs is 1. The van der Waals surface area contributed by atoms with Crippen LogP contribution in [0.1, 0.15) is 16.7 Å². The van der Waals surface area contributed by atoms with Gasteiger partial charge in [-0.15, -0.1) is 6.58 Å². The summed E-state index contributed by atoms with van der Waals surface area (Å²) in [5.41, 5.74) is 2.35. The lowest BCUT2D eigenvalue weighted by molar-refractivity contribution is -0.122. The maximum absolute atomic E-state index is 13.2. The number of hydrogen-bond donors (Lipinski definition) is 1. The number of carbonyl (C=O) groups is 3. The first-order valence-corrected chi connectivity index (χ1v) is 12.6. The predicted molar refractivity (Wildman–Crippen MR) is 145 cm³/mol. The van der Waals surface area contributed by atoms with Crippen LogP contribution in [-0.4, -0.2) is 24.6 Å². The molecule has 0 aromatic heterocycles. The molecule has 8 nitrogen and oxygen atoms in total. The van der Waals surface area contributed by atoms with Gasteiger partial charge in [0.25, 0.3) is 11.8 Å². The van der Waals surface area contributed by atoms with Crippen LogP contribution < -0.4 is 24.4 Å². The molecule has 4 amide bonds.